The first-order chi connectivity index (χ1) is 11.2. The third-order valence-electron chi connectivity index (χ3n) is 4.90. The second-order valence-electron chi connectivity index (χ2n) is 6.30. The average molecular weight is 319 g/mol. The van der Waals surface area contributed by atoms with E-state index in [-0.39, 0.29) is 5.16 Å². The third-order valence-corrected chi connectivity index (χ3v) is 10.1. The van der Waals surface area contributed by atoms with Gasteiger partial charge in [-0.2, -0.15) is 0 Å². The van der Waals surface area contributed by atoms with Crippen molar-refractivity contribution in [2.24, 2.45) is 0 Å². The van der Waals surface area contributed by atoms with Gasteiger partial charge in [-0.25, -0.2) is 0 Å². The lowest BCUT2D eigenvalue weighted by molar-refractivity contribution is 0.777. The van der Waals surface area contributed by atoms with Crippen LogP contribution in [0.2, 0.25) is 0 Å². The molecule has 3 rings (SSSR count). The van der Waals surface area contributed by atoms with Gasteiger partial charge in [0.2, 0.25) is 0 Å². The molecule has 2 aromatic rings. The van der Waals surface area contributed by atoms with Crippen LogP contribution >= 0.6 is 7.26 Å². The van der Waals surface area contributed by atoms with Crippen LogP contribution in [0.15, 0.2) is 97.6 Å². The van der Waals surface area contributed by atoms with E-state index in [1.165, 1.54) is 10.6 Å². The number of rotatable bonds is 5. The summed E-state index contributed by atoms with van der Waals surface area (Å²) < 4.78 is 0. The molecule has 0 radical (unpaired) electrons. The number of hydrogen-bond donors (Lipinski definition) is 0. The van der Waals surface area contributed by atoms with Gasteiger partial charge < -0.3 is 0 Å². The summed E-state index contributed by atoms with van der Waals surface area (Å²) in [6.07, 6.45) is 13.3. The first kappa shape index (κ1) is 16.0. The van der Waals surface area contributed by atoms with E-state index in [2.05, 4.69) is 105 Å². The van der Waals surface area contributed by atoms with Crippen LogP contribution in [0.25, 0.3) is 0 Å². The molecule has 1 unspecified atom stereocenters. The largest absolute Gasteiger partial charge is 0.108 e. The van der Waals surface area contributed by atoms with Gasteiger partial charge in [0.25, 0.3) is 0 Å². The van der Waals surface area contributed by atoms with Crippen molar-refractivity contribution in [1.82, 2.24) is 0 Å². The molecular weight excluding hydrogens is 295 g/mol. The Labute approximate surface area is 140 Å². The van der Waals surface area contributed by atoms with Crippen LogP contribution in [-0.2, 0) is 0 Å². The minimum Gasteiger partial charge on any atom is -0.0995 e. The fraction of sp³-hybridized carbons (Fsp3) is 0.182. The van der Waals surface area contributed by atoms with Crippen molar-refractivity contribution in [2.75, 3.05) is 6.16 Å². The summed E-state index contributed by atoms with van der Waals surface area (Å²) in [6, 6.07) is 22.1. The zero-order chi connectivity index (χ0) is 16.2. The molecule has 0 bridgehead atoms. The van der Waals surface area contributed by atoms with E-state index in [1.807, 2.05) is 0 Å². The normalized spacial score (nSPS) is 20.4. The maximum atomic E-state index is 4.11. The van der Waals surface area contributed by atoms with E-state index in [1.54, 1.807) is 0 Å². The second-order valence-corrected chi connectivity index (χ2v) is 10.3. The molecule has 0 saturated carbocycles. The van der Waals surface area contributed by atoms with E-state index in [0.29, 0.717) is 0 Å². The standard InChI is InChI=1S/C22H24P/c1-3-19-23(20-13-7-4-8-14-20,21-15-9-5-10-16-21)22(2)17-11-6-12-18-22/h3-17H,1,18-19H2,2H3/q+1. The van der Waals surface area contributed by atoms with Crippen molar-refractivity contribution in [3.05, 3.63) is 97.6 Å². The second kappa shape index (κ2) is 6.69. The van der Waals surface area contributed by atoms with Crippen molar-refractivity contribution in [2.45, 2.75) is 18.5 Å². The van der Waals surface area contributed by atoms with Gasteiger partial charge in [0.05, 0.1) is 13.4 Å². The Morgan fingerprint density at radius 1 is 0.957 bits per heavy atom. The van der Waals surface area contributed by atoms with Gasteiger partial charge in [0, 0.05) is 6.42 Å². The summed E-state index contributed by atoms with van der Waals surface area (Å²) in [7, 11) is -1.64. The minimum absolute atomic E-state index is 0.124. The van der Waals surface area contributed by atoms with Gasteiger partial charge in [-0.3, -0.25) is 0 Å². The maximum Gasteiger partial charge on any atom is 0.108 e. The molecule has 0 amide bonds. The molecule has 0 fully saturated rings. The SMILES string of the molecule is C=CC[P+](c1ccccc1)(c1ccccc1)C1(C)C=CC=CC1. The average Bonchev–Trinajstić information content (AvgIpc) is 2.61. The fourth-order valence-corrected chi connectivity index (χ4v) is 8.54. The van der Waals surface area contributed by atoms with Gasteiger partial charge in [-0.15, -0.1) is 0 Å². The lowest BCUT2D eigenvalue weighted by Gasteiger charge is -2.41. The van der Waals surface area contributed by atoms with Crippen molar-refractivity contribution >= 4 is 17.9 Å². The lowest BCUT2D eigenvalue weighted by Crippen LogP contribution is -2.40. The first-order valence-corrected chi connectivity index (χ1v) is 10.1. The van der Waals surface area contributed by atoms with Crippen LogP contribution in [0, 0.1) is 0 Å². The highest BCUT2D eigenvalue weighted by atomic mass is 31.2. The predicted molar refractivity (Wildman–Crippen MR) is 105 cm³/mol. The number of allylic oxidation sites excluding steroid dienone is 5. The zero-order valence-corrected chi connectivity index (χ0v) is 14.6. The molecule has 0 nitrogen and oxygen atoms in total. The summed E-state index contributed by atoms with van der Waals surface area (Å²) in [5.74, 6) is 0. The van der Waals surface area contributed by atoms with Gasteiger partial charge >= 0.3 is 0 Å². The molecular formula is C22H24P+. The molecule has 23 heavy (non-hydrogen) atoms. The van der Waals surface area contributed by atoms with E-state index in [4.69, 9.17) is 0 Å². The number of hydrogen-bond acceptors (Lipinski definition) is 0. The molecule has 0 N–H and O–H groups in total. The Kier molecular flexibility index (Phi) is 4.64. The third kappa shape index (κ3) is 2.73. The maximum absolute atomic E-state index is 4.11. The predicted octanol–water partition coefficient (Wildman–Crippen LogP) is 5.12. The van der Waals surface area contributed by atoms with Crippen LogP contribution in [0.1, 0.15) is 13.3 Å². The van der Waals surface area contributed by atoms with Gasteiger partial charge in [0.15, 0.2) is 0 Å². The summed E-state index contributed by atoms with van der Waals surface area (Å²) in [5.41, 5.74) is 0. The molecule has 0 aliphatic heterocycles. The van der Waals surface area contributed by atoms with Crippen LogP contribution < -0.4 is 10.6 Å². The monoisotopic (exact) mass is 319 g/mol. The van der Waals surface area contributed by atoms with Crippen molar-refractivity contribution in [3.8, 4) is 0 Å². The van der Waals surface area contributed by atoms with Crippen molar-refractivity contribution in [1.29, 1.82) is 0 Å². The van der Waals surface area contributed by atoms with Gasteiger partial charge in [-0.1, -0.05) is 67.3 Å². The molecule has 1 aliphatic carbocycles. The molecule has 0 saturated heterocycles. The number of benzene rings is 2. The Hall–Kier alpha value is -1.91. The fourth-order valence-electron chi connectivity index (χ4n) is 3.72. The smallest absolute Gasteiger partial charge is 0.0995 e. The summed E-state index contributed by atoms with van der Waals surface area (Å²) >= 11 is 0. The summed E-state index contributed by atoms with van der Waals surface area (Å²) in [5, 5.41) is 3.06. The molecule has 1 aliphatic rings. The molecule has 116 valence electrons. The zero-order valence-electron chi connectivity index (χ0n) is 13.7. The highest BCUT2D eigenvalue weighted by Gasteiger charge is 2.55. The molecule has 2 aromatic carbocycles. The topological polar surface area (TPSA) is 0 Å². The highest BCUT2D eigenvalue weighted by molar-refractivity contribution is 7.91. The van der Waals surface area contributed by atoms with Crippen LogP contribution in [0.4, 0.5) is 0 Å². The van der Waals surface area contributed by atoms with Crippen molar-refractivity contribution in [3.63, 3.8) is 0 Å². The van der Waals surface area contributed by atoms with E-state index < -0.39 is 7.26 Å². The van der Waals surface area contributed by atoms with Gasteiger partial charge in [0.1, 0.15) is 15.8 Å². The van der Waals surface area contributed by atoms with E-state index >= 15 is 0 Å². The Morgan fingerprint density at radius 2 is 1.52 bits per heavy atom. The summed E-state index contributed by atoms with van der Waals surface area (Å²) in [4.78, 5) is 0. The molecule has 1 heteroatoms. The van der Waals surface area contributed by atoms with E-state index in [0.717, 1.165) is 12.6 Å². The summed E-state index contributed by atoms with van der Waals surface area (Å²) in [6.45, 7) is 6.53. The Balaban J connectivity index is 2.29. The van der Waals surface area contributed by atoms with Gasteiger partial charge in [-0.05, 0) is 37.3 Å². The highest BCUT2D eigenvalue weighted by Crippen LogP contribution is 2.69. The first-order valence-electron chi connectivity index (χ1n) is 8.18. The lowest BCUT2D eigenvalue weighted by atomic mass is 10.0. The Morgan fingerprint density at radius 3 is 1.96 bits per heavy atom. The molecule has 0 heterocycles. The molecule has 0 spiro atoms. The van der Waals surface area contributed by atoms with Crippen LogP contribution in [-0.4, -0.2) is 11.3 Å². The van der Waals surface area contributed by atoms with Crippen molar-refractivity contribution < 1.29 is 0 Å². The van der Waals surface area contributed by atoms with Crippen LogP contribution in [0.5, 0.6) is 0 Å². The molecule has 1 atom stereocenters. The quantitative estimate of drug-likeness (QED) is 0.530. The molecule has 0 aromatic heterocycles. The minimum atomic E-state index is -1.64. The van der Waals surface area contributed by atoms with Crippen LogP contribution in [0.3, 0.4) is 0 Å². The van der Waals surface area contributed by atoms with E-state index in [9.17, 15) is 0 Å². The Bertz CT molecular complexity index is 673.